The van der Waals surface area contributed by atoms with Crippen molar-refractivity contribution in [3.8, 4) is 17.3 Å². The molecule has 1 fully saturated rings. The second-order valence-corrected chi connectivity index (χ2v) is 10.0. The Morgan fingerprint density at radius 1 is 0.949 bits per heavy atom. The molecule has 198 valence electrons. The van der Waals surface area contributed by atoms with E-state index in [-0.39, 0.29) is 17.0 Å². The largest absolute Gasteiger partial charge is 0.493 e. The first-order chi connectivity index (χ1) is 19.2. The van der Waals surface area contributed by atoms with Crippen molar-refractivity contribution in [3.05, 3.63) is 106 Å². The van der Waals surface area contributed by atoms with Crippen LogP contribution >= 0.6 is 0 Å². The van der Waals surface area contributed by atoms with Crippen LogP contribution in [0, 0.1) is 5.92 Å². The first-order valence-electron chi connectivity index (χ1n) is 13.5. The summed E-state index contributed by atoms with van der Waals surface area (Å²) in [5.41, 5.74) is 3.10. The van der Waals surface area contributed by atoms with E-state index in [1.807, 2.05) is 6.07 Å². The van der Waals surface area contributed by atoms with Gasteiger partial charge in [-0.3, -0.25) is 4.79 Å². The van der Waals surface area contributed by atoms with Crippen LogP contribution in [0.2, 0.25) is 0 Å². The molecule has 0 aliphatic carbocycles. The summed E-state index contributed by atoms with van der Waals surface area (Å²) in [5.74, 6) is 2.24. The number of rotatable bonds is 9. The number of nitrogens with zero attached hydrogens (tertiary/aromatic N) is 4. The summed E-state index contributed by atoms with van der Waals surface area (Å²) < 4.78 is 11.9. The molecule has 3 heterocycles. The molecule has 0 atom stereocenters. The third kappa shape index (κ3) is 5.76. The molecule has 5 aromatic rings. The summed E-state index contributed by atoms with van der Waals surface area (Å²) in [6.07, 6.45) is 3.29. The van der Waals surface area contributed by atoms with E-state index in [4.69, 9.17) is 9.15 Å². The number of benzene rings is 3. The number of ether oxygens (including phenoxy) is 1. The van der Waals surface area contributed by atoms with Crippen LogP contribution < -0.4 is 10.2 Å². The van der Waals surface area contributed by atoms with Crippen molar-refractivity contribution in [2.75, 3.05) is 26.2 Å². The van der Waals surface area contributed by atoms with E-state index in [9.17, 15) is 4.79 Å². The molecule has 1 aliphatic heterocycles. The Balaban J connectivity index is 1.03. The Morgan fingerprint density at radius 2 is 1.67 bits per heavy atom. The van der Waals surface area contributed by atoms with E-state index in [0.717, 1.165) is 26.1 Å². The zero-order valence-corrected chi connectivity index (χ0v) is 21.7. The quantitative estimate of drug-likeness (QED) is 0.263. The molecule has 1 N–H and O–H groups in total. The highest BCUT2D eigenvalue weighted by atomic mass is 16.5. The highest BCUT2D eigenvalue weighted by molar-refractivity contribution is 5.79. The van der Waals surface area contributed by atoms with Crippen LogP contribution in [0.3, 0.4) is 0 Å². The minimum atomic E-state index is -0.159. The number of aromatic nitrogens is 4. The maximum atomic E-state index is 12.5. The second-order valence-electron chi connectivity index (χ2n) is 10.0. The van der Waals surface area contributed by atoms with E-state index in [2.05, 4.69) is 86.2 Å². The first kappa shape index (κ1) is 25.0. The van der Waals surface area contributed by atoms with E-state index >= 15 is 0 Å². The number of aromatic amines is 1. The monoisotopic (exact) mass is 521 g/mol. The summed E-state index contributed by atoms with van der Waals surface area (Å²) in [6.45, 7) is 3.79. The number of hydrogen-bond donors (Lipinski definition) is 1. The summed E-state index contributed by atoms with van der Waals surface area (Å²) in [6, 6.07) is 28.5. The standard InChI is InChI=1S/C31H31N5O3/c37-27-21-29(31-32-34-35-33-31)39-28-20-25(12-13-26(27)28)38-19-7-16-36-17-14-24(15-18-36)30(22-8-3-1-4-9-22)23-10-5-2-6-11-23/h1-6,8-13,20-21,24,30H,7,14-19H2,(H,32,33,34,35). The van der Waals surface area contributed by atoms with Crippen molar-refractivity contribution in [2.45, 2.75) is 25.2 Å². The van der Waals surface area contributed by atoms with Crippen LogP contribution in [0.15, 0.2) is 94.1 Å². The van der Waals surface area contributed by atoms with Gasteiger partial charge >= 0.3 is 0 Å². The normalized spacial score (nSPS) is 14.7. The molecule has 0 unspecified atom stereocenters. The number of H-pyrrole nitrogens is 1. The zero-order valence-electron chi connectivity index (χ0n) is 21.7. The summed E-state index contributed by atoms with van der Waals surface area (Å²) in [7, 11) is 0. The topological polar surface area (TPSA) is 97.1 Å². The molecular formula is C31H31N5O3. The lowest BCUT2D eigenvalue weighted by molar-refractivity contribution is 0.163. The number of hydrogen-bond acceptors (Lipinski definition) is 7. The molecule has 2 aromatic heterocycles. The molecule has 0 spiro atoms. The van der Waals surface area contributed by atoms with Gasteiger partial charge in [0.2, 0.25) is 5.82 Å². The van der Waals surface area contributed by atoms with Crippen molar-refractivity contribution in [3.63, 3.8) is 0 Å². The Labute approximate surface area is 226 Å². The third-order valence-corrected chi connectivity index (χ3v) is 7.57. The maximum absolute atomic E-state index is 12.5. The smallest absolute Gasteiger partial charge is 0.239 e. The van der Waals surface area contributed by atoms with Gasteiger partial charge < -0.3 is 14.1 Å². The number of tetrazole rings is 1. The molecular weight excluding hydrogens is 490 g/mol. The Kier molecular flexibility index (Phi) is 7.45. The molecule has 1 saturated heterocycles. The van der Waals surface area contributed by atoms with Crippen LogP contribution in [0.1, 0.15) is 36.3 Å². The van der Waals surface area contributed by atoms with Gasteiger partial charge in [-0.05, 0) is 66.7 Å². The van der Waals surface area contributed by atoms with Gasteiger partial charge in [0.05, 0.1) is 12.0 Å². The molecule has 6 rings (SSSR count). The number of piperidine rings is 1. The van der Waals surface area contributed by atoms with Crippen molar-refractivity contribution in [1.82, 2.24) is 25.5 Å². The molecule has 8 heteroatoms. The summed E-state index contributed by atoms with van der Waals surface area (Å²) >= 11 is 0. The first-order valence-corrected chi connectivity index (χ1v) is 13.5. The lowest BCUT2D eigenvalue weighted by Crippen LogP contribution is -2.36. The summed E-state index contributed by atoms with van der Waals surface area (Å²) in [4.78, 5) is 15.0. The Bertz CT molecular complexity index is 1510. The van der Waals surface area contributed by atoms with Crippen molar-refractivity contribution < 1.29 is 9.15 Å². The van der Waals surface area contributed by atoms with Crippen molar-refractivity contribution >= 4 is 11.0 Å². The molecule has 0 radical (unpaired) electrons. The molecule has 0 saturated carbocycles. The second kappa shape index (κ2) is 11.6. The van der Waals surface area contributed by atoms with Gasteiger partial charge in [0, 0.05) is 24.6 Å². The number of nitrogens with one attached hydrogen (secondary N) is 1. The number of fused-ring (bicyclic) bond motifs is 1. The van der Waals surface area contributed by atoms with Crippen LogP contribution in [0.5, 0.6) is 5.75 Å². The van der Waals surface area contributed by atoms with Gasteiger partial charge in [-0.15, -0.1) is 10.2 Å². The van der Waals surface area contributed by atoms with Gasteiger partial charge in [0.25, 0.3) is 0 Å². The van der Waals surface area contributed by atoms with E-state index in [1.165, 1.54) is 30.0 Å². The average Bonchev–Trinajstić information content (AvgIpc) is 3.53. The lowest BCUT2D eigenvalue weighted by atomic mass is 9.76. The Morgan fingerprint density at radius 3 is 2.33 bits per heavy atom. The van der Waals surface area contributed by atoms with Gasteiger partial charge in [0.15, 0.2) is 11.2 Å². The zero-order chi connectivity index (χ0) is 26.4. The van der Waals surface area contributed by atoms with Crippen LogP contribution in [-0.4, -0.2) is 51.8 Å². The number of likely N-dealkylation sites (tertiary alicyclic amines) is 1. The minimum Gasteiger partial charge on any atom is -0.493 e. The molecule has 0 amide bonds. The third-order valence-electron chi connectivity index (χ3n) is 7.57. The maximum Gasteiger partial charge on any atom is 0.239 e. The van der Waals surface area contributed by atoms with E-state index in [1.54, 1.807) is 12.1 Å². The minimum absolute atomic E-state index is 0.159. The van der Waals surface area contributed by atoms with Crippen molar-refractivity contribution in [2.24, 2.45) is 5.92 Å². The van der Waals surface area contributed by atoms with Gasteiger partial charge in [-0.25, -0.2) is 0 Å². The highest BCUT2D eigenvalue weighted by Gasteiger charge is 2.28. The Hall–Kier alpha value is -4.30. The van der Waals surface area contributed by atoms with Crippen LogP contribution in [0.4, 0.5) is 0 Å². The fourth-order valence-corrected chi connectivity index (χ4v) is 5.65. The SMILES string of the molecule is O=c1cc(-c2nn[nH]n2)oc2cc(OCCCN3CCC(C(c4ccccc4)c4ccccc4)CC3)ccc12. The van der Waals surface area contributed by atoms with Crippen LogP contribution in [-0.2, 0) is 0 Å². The fourth-order valence-electron chi connectivity index (χ4n) is 5.65. The predicted molar refractivity (Wildman–Crippen MR) is 150 cm³/mol. The lowest BCUT2D eigenvalue weighted by Gasteiger charge is -2.36. The van der Waals surface area contributed by atoms with E-state index < -0.39 is 0 Å². The summed E-state index contributed by atoms with van der Waals surface area (Å²) in [5, 5.41) is 14.2. The molecule has 8 nitrogen and oxygen atoms in total. The molecule has 0 bridgehead atoms. The highest BCUT2D eigenvalue weighted by Crippen LogP contribution is 2.38. The van der Waals surface area contributed by atoms with Gasteiger partial charge in [-0.2, -0.15) is 5.21 Å². The van der Waals surface area contributed by atoms with Crippen molar-refractivity contribution in [1.29, 1.82) is 0 Å². The van der Waals surface area contributed by atoms with Gasteiger partial charge in [0.1, 0.15) is 11.3 Å². The average molecular weight is 522 g/mol. The van der Waals surface area contributed by atoms with Crippen LogP contribution in [0.25, 0.3) is 22.6 Å². The molecule has 3 aromatic carbocycles. The molecule has 1 aliphatic rings. The fraction of sp³-hybridized carbons (Fsp3) is 0.290. The molecule has 39 heavy (non-hydrogen) atoms. The predicted octanol–water partition coefficient (Wildman–Crippen LogP) is 5.29. The van der Waals surface area contributed by atoms with Gasteiger partial charge in [-0.1, -0.05) is 60.7 Å². The van der Waals surface area contributed by atoms with E-state index in [0.29, 0.717) is 35.2 Å².